The van der Waals surface area contributed by atoms with E-state index in [4.69, 9.17) is 15.3 Å². The van der Waals surface area contributed by atoms with Crippen molar-refractivity contribution in [3.8, 4) is 16.9 Å². The Bertz CT molecular complexity index is 1350. The maximum atomic E-state index is 13.1. The van der Waals surface area contributed by atoms with Crippen molar-refractivity contribution in [1.29, 1.82) is 0 Å². The molecule has 7 nitrogen and oxygen atoms in total. The van der Waals surface area contributed by atoms with E-state index in [9.17, 15) is 9.59 Å². The molecule has 8 heteroatoms. The molecular weight excluding hydrogens is 460 g/mol. The Labute approximate surface area is 207 Å². The zero-order chi connectivity index (χ0) is 24.2. The standard InChI is InChI=1S/C27H24N4O3S/c32-25(14-7-15-26(33)34)31-23(24-13-8-16-35-24)17-22(28-31)21-18-30(20-11-5-2-6-12-20)29-27(21)19-9-3-1-4-10-19/h1-6,8-13,16,18,23H,7,14-15,17H2,(H,33,34)/t23-/m0/s1. The molecule has 1 aliphatic rings. The van der Waals surface area contributed by atoms with Crippen LogP contribution in [0.5, 0.6) is 0 Å². The lowest BCUT2D eigenvalue weighted by molar-refractivity contribution is -0.137. The van der Waals surface area contributed by atoms with Gasteiger partial charge in [-0.3, -0.25) is 9.59 Å². The zero-order valence-electron chi connectivity index (χ0n) is 18.9. The third kappa shape index (κ3) is 4.93. The Morgan fingerprint density at radius 3 is 2.40 bits per heavy atom. The van der Waals surface area contributed by atoms with Crippen LogP contribution in [0.3, 0.4) is 0 Å². The number of carbonyl (C=O) groups is 2. The first kappa shape index (κ1) is 22.7. The van der Waals surface area contributed by atoms with Crippen molar-refractivity contribution < 1.29 is 14.7 Å². The number of aliphatic carboxylic acids is 1. The van der Waals surface area contributed by atoms with E-state index in [0.29, 0.717) is 6.42 Å². The summed E-state index contributed by atoms with van der Waals surface area (Å²) in [7, 11) is 0. The summed E-state index contributed by atoms with van der Waals surface area (Å²) < 4.78 is 1.84. The highest BCUT2D eigenvalue weighted by molar-refractivity contribution is 7.10. The summed E-state index contributed by atoms with van der Waals surface area (Å²) in [4.78, 5) is 25.1. The van der Waals surface area contributed by atoms with Crippen LogP contribution in [0, 0.1) is 0 Å². The van der Waals surface area contributed by atoms with Crippen LogP contribution >= 0.6 is 11.3 Å². The highest BCUT2D eigenvalue weighted by Gasteiger charge is 2.35. The predicted molar refractivity (Wildman–Crippen MR) is 136 cm³/mol. The van der Waals surface area contributed by atoms with E-state index in [1.165, 1.54) is 5.01 Å². The van der Waals surface area contributed by atoms with Gasteiger partial charge >= 0.3 is 5.97 Å². The van der Waals surface area contributed by atoms with Crippen molar-refractivity contribution >= 4 is 28.9 Å². The van der Waals surface area contributed by atoms with E-state index in [1.807, 2.05) is 89.1 Å². The minimum Gasteiger partial charge on any atom is -0.481 e. The first-order valence-electron chi connectivity index (χ1n) is 11.5. The fraction of sp³-hybridized carbons (Fsp3) is 0.185. The number of rotatable bonds is 8. The van der Waals surface area contributed by atoms with Gasteiger partial charge in [0.05, 0.1) is 17.4 Å². The molecular formula is C27H24N4O3S. The molecule has 0 bridgehead atoms. The lowest BCUT2D eigenvalue weighted by Crippen LogP contribution is -2.26. The number of nitrogens with zero attached hydrogens (tertiary/aromatic N) is 4. The van der Waals surface area contributed by atoms with Gasteiger partial charge in [0.1, 0.15) is 5.69 Å². The molecule has 0 aliphatic carbocycles. The van der Waals surface area contributed by atoms with Crippen molar-refractivity contribution in [2.24, 2.45) is 5.10 Å². The molecule has 2 aromatic heterocycles. The van der Waals surface area contributed by atoms with Gasteiger partial charge in [0, 0.05) is 41.5 Å². The van der Waals surface area contributed by atoms with Gasteiger partial charge in [-0.1, -0.05) is 54.6 Å². The van der Waals surface area contributed by atoms with Gasteiger partial charge in [0.15, 0.2) is 0 Å². The minimum atomic E-state index is -0.904. The van der Waals surface area contributed by atoms with Crippen LogP contribution in [0.15, 0.2) is 89.5 Å². The maximum Gasteiger partial charge on any atom is 0.303 e. The number of benzene rings is 2. The van der Waals surface area contributed by atoms with Crippen LogP contribution in [-0.2, 0) is 9.59 Å². The number of hydrazone groups is 1. The summed E-state index contributed by atoms with van der Waals surface area (Å²) in [5, 5.41) is 22.2. The summed E-state index contributed by atoms with van der Waals surface area (Å²) in [6.07, 6.45) is 2.92. The lowest BCUT2D eigenvalue weighted by atomic mass is 10.00. The second-order valence-electron chi connectivity index (χ2n) is 8.31. The number of hydrogen-bond acceptors (Lipinski definition) is 5. The summed E-state index contributed by atoms with van der Waals surface area (Å²) >= 11 is 1.59. The first-order valence-corrected chi connectivity index (χ1v) is 12.3. The van der Waals surface area contributed by atoms with Crippen LogP contribution in [0.25, 0.3) is 16.9 Å². The second-order valence-corrected chi connectivity index (χ2v) is 9.28. The van der Waals surface area contributed by atoms with Gasteiger partial charge in [0.25, 0.3) is 0 Å². The molecule has 176 valence electrons. The van der Waals surface area contributed by atoms with Crippen molar-refractivity contribution in [3.05, 3.63) is 94.8 Å². The molecule has 0 fully saturated rings. The summed E-state index contributed by atoms with van der Waals surface area (Å²) in [5.74, 6) is -1.07. The lowest BCUT2D eigenvalue weighted by Gasteiger charge is -2.20. The number of carboxylic acid groups (broad SMARTS) is 1. The minimum absolute atomic E-state index is 0.0399. The number of carboxylic acids is 1. The Balaban J connectivity index is 1.54. The van der Waals surface area contributed by atoms with Crippen LogP contribution in [0.2, 0.25) is 0 Å². The molecule has 0 spiro atoms. The number of thiophene rings is 1. The van der Waals surface area contributed by atoms with Gasteiger partial charge in [0.2, 0.25) is 5.91 Å². The van der Waals surface area contributed by atoms with Crippen LogP contribution < -0.4 is 0 Å². The van der Waals surface area contributed by atoms with E-state index in [1.54, 1.807) is 11.3 Å². The molecule has 0 saturated heterocycles. The number of para-hydroxylation sites is 1. The first-order chi connectivity index (χ1) is 17.1. The van der Waals surface area contributed by atoms with E-state index in [-0.39, 0.29) is 31.2 Å². The number of hydrogen-bond donors (Lipinski definition) is 1. The molecule has 0 radical (unpaired) electrons. The van der Waals surface area contributed by atoms with Gasteiger partial charge < -0.3 is 5.11 Å². The molecule has 1 atom stereocenters. The molecule has 5 rings (SSSR count). The zero-order valence-corrected chi connectivity index (χ0v) is 19.8. The van der Waals surface area contributed by atoms with Crippen LogP contribution in [-0.4, -0.2) is 37.5 Å². The third-order valence-corrected chi connectivity index (χ3v) is 6.89. The quantitative estimate of drug-likeness (QED) is 0.356. The molecule has 2 aromatic carbocycles. The van der Waals surface area contributed by atoms with Crippen molar-refractivity contribution in [2.45, 2.75) is 31.7 Å². The van der Waals surface area contributed by atoms with Crippen LogP contribution in [0.1, 0.15) is 42.2 Å². The summed E-state index contributed by atoms with van der Waals surface area (Å²) in [6, 6.07) is 23.6. The number of amides is 1. The Kier molecular flexibility index (Phi) is 6.54. The fourth-order valence-electron chi connectivity index (χ4n) is 4.22. The molecule has 0 unspecified atom stereocenters. The molecule has 1 aliphatic heterocycles. The summed E-state index contributed by atoms with van der Waals surface area (Å²) in [6.45, 7) is 0. The third-order valence-electron chi connectivity index (χ3n) is 5.91. The highest BCUT2D eigenvalue weighted by Crippen LogP contribution is 2.37. The van der Waals surface area contributed by atoms with E-state index in [2.05, 4.69) is 0 Å². The second kappa shape index (κ2) is 10.1. The smallest absolute Gasteiger partial charge is 0.303 e. The van der Waals surface area contributed by atoms with Gasteiger partial charge in [-0.2, -0.15) is 10.2 Å². The van der Waals surface area contributed by atoms with E-state index < -0.39 is 5.97 Å². The maximum absolute atomic E-state index is 13.1. The molecule has 1 N–H and O–H groups in total. The summed E-state index contributed by atoms with van der Waals surface area (Å²) in [5.41, 5.74) is 4.38. The topological polar surface area (TPSA) is 87.8 Å². The molecule has 0 saturated carbocycles. The highest BCUT2D eigenvalue weighted by atomic mass is 32.1. The van der Waals surface area contributed by atoms with Crippen molar-refractivity contribution in [2.75, 3.05) is 0 Å². The van der Waals surface area contributed by atoms with Crippen molar-refractivity contribution in [3.63, 3.8) is 0 Å². The Morgan fingerprint density at radius 2 is 1.71 bits per heavy atom. The molecule has 1 amide bonds. The number of aromatic nitrogens is 2. The monoisotopic (exact) mass is 484 g/mol. The SMILES string of the molecule is O=C(O)CCCC(=O)N1N=C(c2cn(-c3ccccc3)nc2-c2ccccc2)C[C@H]1c1cccs1. The Hall–Kier alpha value is -4.04. The average molecular weight is 485 g/mol. The van der Waals surface area contributed by atoms with Gasteiger partial charge in [-0.05, 0) is 30.0 Å². The van der Waals surface area contributed by atoms with Crippen LogP contribution in [0.4, 0.5) is 0 Å². The number of carbonyl (C=O) groups excluding carboxylic acids is 1. The largest absolute Gasteiger partial charge is 0.481 e. The Morgan fingerprint density at radius 1 is 0.971 bits per heavy atom. The molecule has 4 aromatic rings. The van der Waals surface area contributed by atoms with E-state index in [0.717, 1.165) is 33.1 Å². The average Bonchev–Trinajstić information content (AvgIpc) is 3.64. The van der Waals surface area contributed by atoms with Gasteiger partial charge in [-0.15, -0.1) is 11.3 Å². The molecule has 35 heavy (non-hydrogen) atoms. The normalized spacial score (nSPS) is 15.3. The fourth-order valence-corrected chi connectivity index (χ4v) is 5.03. The van der Waals surface area contributed by atoms with Crippen molar-refractivity contribution in [1.82, 2.24) is 14.8 Å². The molecule has 3 heterocycles. The van der Waals surface area contributed by atoms with Gasteiger partial charge in [-0.25, -0.2) is 9.69 Å². The predicted octanol–water partition coefficient (Wildman–Crippen LogP) is 5.53. The van der Waals surface area contributed by atoms with E-state index >= 15 is 0 Å².